The molecule has 4 heteroatoms. The third kappa shape index (κ3) is 2.75. The molecular weight excluding hydrogens is 305 g/mol. The molecule has 2 rings (SSSR count). The van der Waals surface area contributed by atoms with E-state index in [1.165, 1.54) is 12.1 Å². The SMILES string of the molecule is FC(F)(F)c1cc(CBr)ccc1-c1ccccc1. The van der Waals surface area contributed by atoms with Crippen LogP contribution in [0.4, 0.5) is 13.2 Å². The van der Waals surface area contributed by atoms with Crippen molar-refractivity contribution < 1.29 is 13.2 Å². The van der Waals surface area contributed by atoms with Gasteiger partial charge in [0.2, 0.25) is 0 Å². The van der Waals surface area contributed by atoms with Crippen LogP contribution in [-0.2, 0) is 11.5 Å². The molecule has 2 aromatic carbocycles. The van der Waals surface area contributed by atoms with Gasteiger partial charge in [-0.05, 0) is 22.8 Å². The fraction of sp³-hybridized carbons (Fsp3) is 0.143. The first-order valence-electron chi connectivity index (χ1n) is 5.34. The molecule has 0 amide bonds. The van der Waals surface area contributed by atoms with E-state index in [4.69, 9.17) is 0 Å². The van der Waals surface area contributed by atoms with Gasteiger partial charge in [0.1, 0.15) is 0 Å². The molecule has 2 aromatic rings. The Bertz CT molecular complexity index is 532. The Labute approximate surface area is 112 Å². The van der Waals surface area contributed by atoms with E-state index in [2.05, 4.69) is 15.9 Å². The van der Waals surface area contributed by atoms with E-state index >= 15 is 0 Å². The molecule has 0 bridgehead atoms. The second-order valence-electron chi connectivity index (χ2n) is 3.88. The van der Waals surface area contributed by atoms with E-state index < -0.39 is 11.7 Å². The summed E-state index contributed by atoms with van der Waals surface area (Å²) >= 11 is 3.17. The number of benzene rings is 2. The van der Waals surface area contributed by atoms with Gasteiger partial charge < -0.3 is 0 Å². The van der Waals surface area contributed by atoms with Crippen LogP contribution in [0, 0.1) is 0 Å². The average molecular weight is 315 g/mol. The summed E-state index contributed by atoms with van der Waals surface area (Å²) in [6, 6.07) is 13.0. The molecule has 0 radical (unpaired) electrons. The van der Waals surface area contributed by atoms with Gasteiger partial charge >= 0.3 is 6.18 Å². The summed E-state index contributed by atoms with van der Waals surface area (Å²) in [4.78, 5) is 0. The van der Waals surface area contributed by atoms with Gasteiger partial charge in [0.25, 0.3) is 0 Å². The smallest absolute Gasteiger partial charge is 0.166 e. The molecule has 0 aliphatic heterocycles. The molecule has 0 saturated heterocycles. The lowest BCUT2D eigenvalue weighted by Crippen LogP contribution is -2.07. The second kappa shape index (κ2) is 5.14. The molecule has 0 nitrogen and oxygen atoms in total. The van der Waals surface area contributed by atoms with Gasteiger partial charge in [-0.15, -0.1) is 0 Å². The normalized spacial score (nSPS) is 11.6. The van der Waals surface area contributed by atoms with Crippen LogP contribution < -0.4 is 0 Å². The fourth-order valence-electron chi connectivity index (χ4n) is 1.78. The van der Waals surface area contributed by atoms with Crippen molar-refractivity contribution in [3.63, 3.8) is 0 Å². The predicted octanol–water partition coefficient (Wildman–Crippen LogP) is 5.27. The second-order valence-corrected chi connectivity index (χ2v) is 4.44. The lowest BCUT2D eigenvalue weighted by atomic mass is 9.97. The maximum atomic E-state index is 13.0. The first kappa shape index (κ1) is 13.1. The van der Waals surface area contributed by atoms with Crippen molar-refractivity contribution in [3.8, 4) is 11.1 Å². The fourth-order valence-corrected chi connectivity index (χ4v) is 2.13. The zero-order valence-corrected chi connectivity index (χ0v) is 10.9. The van der Waals surface area contributed by atoms with E-state index in [9.17, 15) is 13.2 Å². The van der Waals surface area contributed by atoms with Gasteiger partial charge in [-0.2, -0.15) is 13.2 Å². The zero-order chi connectivity index (χ0) is 13.2. The van der Waals surface area contributed by atoms with Crippen LogP contribution >= 0.6 is 15.9 Å². The van der Waals surface area contributed by atoms with Crippen LogP contribution in [0.2, 0.25) is 0 Å². The molecule has 0 aliphatic carbocycles. The standard InChI is InChI=1S/C14H10BrF3/c15-9-10-6-7-12(11-4-2-1-3-5-11)13(8-10)14(16,17)18/h1-8H,9H2. The van der Waals surface area contributed by atoms with E-state index in [0.717, 1.165) is 0 Å². The summed E-state index contributed by atoms with van der Waals surface area (Å²) in [5.41, 5.74) is 0.811. The monoisotopic (exact) mass is 314 g/mol. The Morgan fingerprint density at radius 1 is 0.944 bits per heavy atom. The number of hydrogen-bond acceptors (Lipinski definition) is 0. The topological polar surface area (TPSA) is 0 Å². The maximum absolute atomic E-state index is 13.0. The number of hydrogen-bond donors (Lipinski definition) is 0. The van der Waals surface area contributed by atoms with Gasteiger partial charge in [0, 0.05) is 5.33 Å². The highest BCUT2D eigenvalue weighted by molar-refractivity contribution is 9.08. The first-order valence-corrected chi connectivity index (χ1v) is 6.46. The van der Waals surface area contributed by atoms with Crippen LogP contribution in [0.25, 0.3) is 11.1 Å². The Morgan fingerprint density at radius 3 is 2.17 bits per heavy atom. The molecular formula is C14H10BrF3. The van der Waals surface area contributed by atoms with Gasteiger partial charge in [0.15, 0.2) is 0 Å². The van der Waals surface area contributed by atoms with E-state index in [1.807, 2.05) is 0 Å². The molecule has 0 spiro atoms. The molecule has 0 heterocycles. The highest BCUT2D eigenvalue weighted by Crippen LogP contribution is 2.37. The first-order chi connectivity index (χ1) is 8.52. The molecule has 0 atom stereocenters. The lowest BCUT2D eigenvalue weighted by Gasteiger charge is -2.14. The minimum Gasteiger partial charge on any atom is -0.166 e. The highest BCUT2D eigenvalue weighted by Gasteiger charge is 2.33. The van der Waals surface area contributed by atoms with Crippen LogP contribution in [0.5, 0.6) is 0 Å². The molecule has 94 valence electrons. The van der Waals surface area contributed by atoms with Crippen molar-refractivity contribution >= 4 is 15.9 Å². The van der Waals surface area contributed by atoms with E-state index in [0.29, 0.717) is 16.5 Å². The molecule has 0 aromatic heterocycles. The highest BCUT2D eigenvalue weighted by atomic mass is 79.9. The van der Waals surface area contributed by atoms with E-state index in [1.54, 1.807) is 36.4 Å². The molecule has 0 N–H and O–H groups in total. The lowest BCUT2D eigenvalue weighted by molar-refractivity contribution is -0.137. The van der Waals surface area contributed by atoms with Crippen LogP contribution in [0.15, 0.2) is 48.5 Å². The van der Waals surface area contributed by atoms with Gasteiger partial charge in [-0.1, -0.05) is 58.4 Å². The summed E-state index contributed by atoms with van der Waals surface area (Å²) in [5.74, 6) is 0. The number of alkyl halides is 4. The zero-order valence-electron chi connectivity index (χ0n) is 9.34. The Kier molecular flexibility index (Phi) is 3.76. The summed E-state index contributed by atoms with van der Waals surface area (Å²) in [5, 5.41) is 0.408. The number of halogens is 4. The van der Waals surface area contributed by atoms with Crippen molar-refractivity contribution in [2.45, 2.75) is 11.5 Å². The number of rotatable bonds is 2. The summed E-state index contributed by atoms with van der Waals surface area (Å²) in [7, 11) is 0. The van der Waals surface area contributed by atoms with Crippen molar-refractivity contribution in [1.82, 2.24) is 0 Å². The van der Waals surface area contributed by atoms with Gasteiger partial charge in [0.05, 0.1) is 5.56 Å². The third-order valence-electron chi connectivity index (χ3n) is 2.63. The minimum atomic E-state index is -4.34. The van der Waals surface area contributed by atoms with Gasteiger partial charge in [-0.25, -0.2) is 0 Å². The quantitative estimate of drug-likeness (QED) is 0.663. The summed E-state index contributed by atoms with van der Waals surface area (Å²) < 4.78 is 39.1. The molecule has 18 heavy (non-hydrogen) atoms. The average Bonchev–Trinajstić information content (AvgIpc) is 2.38. The van der Waals surface area contributed by atoms with E-state index in [-0.39, 0.29) is 5.56 Å². The predicted molar refractivity (Wildman–Crippen MR) is 69.5 cm³/mol. The van der Waals surface area contributed by atoms with Crippen LogP contribution in [0.3, 0.4) is 0 Å². The minimum absolute atomic E-state index is 0.216. The van der Waals surface area contributed by atoms with Crippen molar-refractivity contribution in [2.75, 3.05) is 0 Å². The maximum Gasteiger partial charge on any atom is 0.417 e. The van der Waals surface area contributed by atoms with Crippen molar-refractivity contribution in [2.24, 2.45) is 0 Å². The molecule has 0 aliphatic rings. The van der Waals surface area contributed by atoms with Crippen molar-refractivity contribution in [1.29, 1.82) is 0 Å². The van der Waals surface area contributed by atoms with Crippen LogP contribution in [0.1, 0.15) is 11.1 Å². The Morgan fingerprint density at radius 2 is 1.61 bits per heavy atom. The Balaban J connectivity index is 2.61. The largest absolute Gasteiger partial charge is 0.417 e. The summed E-state index contributed by atoms with van der Waals surface area (Å²) in [6.45, 7) is 0. The van der Waals surface area contributed by atoms with Gasteiger partial charge in [-0.3, -0.25) is 0 Å². The molecule has 0 fully saturated rings. The summed E-state index contributed by atoms with van der Waals surface area (Å²) in [6.07, 6.45) is -4.34. The third-order valence-corrected chi connectivity index (χ3v) is 3.28. The molecule has 0 saturated carbocycles. The van der Waals surface area contributed by atoms with Crippen LogP contribution in [-0.4, -0.2) is 0 Å². The van der Waals surface area contributed by atoms with Crippen molar-refractivity contribution in [3.05, 3.63) is 59.7 Å². The Hall–Kier alpha value is -1.29. The molecule has 0 unspecified atom stereocenters.